The van der Waals surface area contributed by atoms with Gasteiger partial charge in [0.05, 0.1) is 5.69 Å². The number of nitrogens with one attached hydrogen (secondary N) is 1. The van der Waals surface area contributed by atoms with E-state index in [9.17, 15) is 0 Å². The minimum Gasteiger partial charge on any atom is -0.368 e. The molecule has 1 aromatic carbocycles. The third kappa shape index (κ3) is 4.08. The van der Waals surface area contributed by atoms with Crippen molar-refractivity contribution in [1.82, 2.24) is 4.90 Å². The third-order valence-electron chi connectivity index (χ3n) is 1.89. The number of guanidine groups is 1. The van der Waals surface area contributed by atoms with Crippen LogP contribution in [0, 0.1) is 6.92 Å². The molecule has 0 bridgehead atoms. The lowest BCUT2D eigenvalue weighted by molar-refractivity contribution is 0.613. The van der Waals surface area contributed by atoms with Gasteiger partial charge in [0.15, 0.2) is 0 Å². The monoisotopic (exact) mass is 228 g/mol. The zero-order valence-corrected chi connectivity index (χ0v) is 10.0. The van der Waals surface area contributed by atoms with Crippen LogP contribution >= 0.6 is 12.4 Å². The number of hydrogen-bond donors (Lipinski definition) is 2. The zero-order chi connectivity index (χ0) is 10.6. The summed E-state index contributed by atoms with van der Waals surface area (Å²) >= 11 is 0. The van der Waals surface area contributed by atoms with Gasteiger partial charge in [-0.2, -0.15) is 0 Å². The van der Waals surface area contributed by atoms with E-state index in [-0.39, 0.29) is 12.4 Å². The van der Waals surface area contributed by atoms with Gasteiger partial charge >= 0.3 is 0 Å². The van der Waals surface area contributed by atoms with E-state index in [0.29, 0.717) is 5.96 Å². The summed E-state index contributed by atoms with van der Waals surface area (Å²) < 4.78 is 0. The van der Waals surface area contributed by atoms with Gasteiger partial charge in [-0.15, -0.1) is 17.5 Å². The molecule has 1 rings (SSSR count). The largest absolute Gasteiger partial charge is 0.368 e. The molecular weight excluding hydrogens is 212 g/mol. The number of halogens is 1. The maximum absolute atomic E-state index is 5.63. The number of benzene rings is 1. The molecule has 0 saturated carbocycles. The van der Waals surface area contributed by atoms with Crippen LogP contribution in [-0.4, -0.2) is 25.0 Å². The van der Waals surface area contributed by atoms with Gasteiger partial charge in [0.2, 0.25) is 5.96 Å². The number of para-hydroxylation sites is 1. The second kappa shape index (κ2) is 6.14. The number of hydrazone groups is 1. The standard InChI is InChI=1S/C10H16N4.ClH/c1-8-6-4-5-7-9(8)12-13-10(11)14(2)3;/h4-7,12H,1-3H3,(H2,11,13);1H. The van der Waals surface area contributed by atoms with Crippen molar-refractivity contribution in [3.8, 4) is 0 Å². The first-order chi connectivity index (χ1) is 6.61. The van der Waals surface area contributed by atoms with E-state index in [1.54, 1.807) is 4.90 Å². The number of anilines is 1. The lowest BCUT2D eigenvalue weighted by Gasteiger charge is -2.11. The summed E-state index contributed by atoms with van der Waals surface area (Å²) in [5.74, 6) is 0.452. The molecule has 0 radical (unpaired) electrons. The van der Waals surface area contributed by atoms with E-state index in [1.807, 2.05) is 45.3 Å². The van der Waals surface area contributed by atoms with Crippen LogP contribution in [0.2, 0.25) is 0 Å². The fourth-order valence-electron chi connectivity index (χ4n) is 0.916. The Morgan fingerprint density at radius 3 is 2.47 bits per heavy atom. The lowest BCUT2D eigenvalue weighted by Crippen LogP contribution is -2.31. The summed E-state index contributed by atoms with van der Waals surface area (Å²) in [4.78, 5) is 1.74. The van der Waals surface area contributed by atoms with Crippen molar-refractivity contribution >= 4 is 24.1 Å². The van der Waals surface area contributed by atoms with E-state index < -0.39 is 0 Å². The molecule has 1 aromatic rings. The Morgan fingerprint density at radius 2 is 1.93 bits per heavy atom. The average Bonchev–Trinajstić information content (AvgIpc) is 2.16. The Balaban J connectivity index is 0.00000196. The van der Waals surface area contributed by atoms with Crippen molar-refractivity contribution in [2.75, 3.05) is 19.5 Å². The van der Waals surface area contributed by atoms with Gasteiger partial charge in [0, 0.05) is 14.1 Å². The second-order valence-electron chi connectivity index (χ2n) is 3.29. The molecule has 0 unspecified atom stereocenters. The highest BCUT2D eigenvalue weighted by Gasteiger charge is 1.96. The first-order valence-corrected chi connectivity index (χ1v) is 4.43. The van der Waals surface area contributed by atoms with Crippen LogP contribution in [0.25, 0.3) is 0 Å². The highest BCUT2D eigenvalue weighted by Crippen LogP contribution is 2.12. The fourth-order valence-corrected chi connectivity index (χ4v) is 0.916. The lowest BCUT2D eigenvalue weighted by atomic mass is 10.2. The molecule has 0 aliphatic heterocycles. The van der Waals surface area contributed by atoms with Crippen molar-refractivity contribution < 1.29 is 0 Å². The summed E-state index contributed by atoms with van der Waals surface area (Å²) in [6.45, 7) is 2.02. The first-order valence-electron chi connectivity index (χ1n) is 4.43. The highest BCUT2D eigenvalue weighted by atomic mass is 35.5. The molecule has 4 nitrogen and oxygen atoms in total. The summed E-state index contributed by atoms with van der Waals surface area (Å²) in [5.41, 5.74) is 10.7. The first kappa shape index (κ1) is 13.6. The van der Waals surface area contributed by atoms with E-state index in [1.165, 1.54) is 0 Å². The van der Waals surface area contributed by atoms with E-state index in [2.05, 4.69) is 10.5 Å². The quantitative estimate of drug-likeness (QED) is 0.460. The SMILES string of the molecule is Cc1ccccc1N/N=C(\N)N(C)C.Cl. The van der Waals surface area contributed by atoms with E-state index in [4.69, 9.17) is 5.73 Å². The van der Waals surface area contributed by atoms with Crippen molar-refractivity contribution in [2.45, 2.75) is 6.92 Å². The smallest absolute Gasteiger partial charge is 0.213 e. The summed E-state index contributed by atoms with van der Waals surface area (Å²) in [6, 6.07) is 7.92. The number of nitrogens with zero attached hydrogens (tertiary/aromatic N) is 2. The molecule has 0 fully saturated rings. The van der Waals surface area contributed by atoms with E-state index in [0.717, 1.165) is 11.3 Å². The fraction of sp³-hybridized carbons (Fsp3) is 0.300. The summed E-state index contributed by atoms with van der Waals surface area (Å²) in [7, 11) is 3.69. The van der Waals surface area contributed by atoms with Crippen LogP contribution < -0.4 is 11.2 Å². The van der Waals surface area contributed by atoms with Crippen molar-refractivity contribution in [2.24, 2.45) is 10.8 Å². The molecule has 5 heteroatoms. The zero-order valence-electron chi connectivity index (χ0n) is 9.19. The number of nitrogens with two attached hydrogens (primary N) is 1. The highest BCUT2D eigenvalue weighted by molar-refractivity contribution is 5.85. The molecule has 0 aliphatic carbocycles. The maximum atomic E-state index is 5.63. The Labute approximate surface area is 96.6 Å². The number of rotatable bonds is 2. The van der Waals surface area contributed by atoms with Gasteiger partial charge in [0.1, 0.15) is 0 Å². The normalized spacial score (nSPS) is 10.5. The van der Waals surface area contributed by atoms with Gasteiger partial charge in [0.25, 0.3) is 0 Å². The second-order valence-corrected chi connectivity index (χ2v) is 3.29. The minimum absolute atomic E-state index is 0. The Morgan fingerprint density at radius 1 is 1.33 bits per heavy atom. The van der Waals surface area contributed by atoms with Crippen LogP contribution in [0.4, 0.5) is 5.69 Å². The maximum Gasteiger partial charge on any atom is 0.213 e. The predicted octanol–water partition coefficient (Wildman–Crippen LogP) is 1.62. The molecule has 84 valence electrons. The van der Waals surface area contributed by atoms with Crippen LogP contribution in [0.1, 0.15) is 5.56 Å². The van der Waals surface area contributed by atoms with E-state index >= 15 is 0 Å². The minimum atomic E-state index is 0. The van der Waals surface area contributed by atoms with Crippen molar-refractivity contribution in [1.29, 1.82) is 0 Å². The van der Waals surface area contributed by atoms with Crippen molar-refractivity contribution in [3.05, 3.63) is 29.8 Å². The molecule has 0 saturated heterocycles. The number of hydrogen-bond acceptors (Lipinski definition) is 2. The van der Waals surface area contributed by atoms with Crippen LogP contribution in [0.5, 0.6) is 0 Å². The molecule has 0 heterocycles. The third-order valence-corrected chi connectivity index (χ3v) is 1.89. The molecule has 0 spiro atoms. The summed E-state index contributed by atoms with van der Waals surface area (Å²) in [6.07, 6.45) is 0. The Bertz CT molecular complexity index is 336. The Hall–Kier alpha value is -1.42. The van der Waals surface area contributed by atoms with Crippen LogP contribution in [0.3, 0.4) is 0 Å². The average molecular weight is 229 g/mol. The molecule has 0 amide bonds. The number of aryl methyl sites for hydroxylation is 1. The van der Waals surface area contributed by atoms with Gasteiger partial charge < -0.3 is 10.6 Å². The van der Waals surface area contributed by atoms with Gasteiger partial charge in [-0.1, -0.05) is 18.2 Å². The molecule has 0 aliphatic rings. The Kier molecular flexibility index (Phi) is 5.56. The molecule has 3 N–H and O–H groups in total. The van der Waals surface area contributed by atoms with Gasteiger partial charge in [-0.05, 0) is 18.6 Å². The van der Waals surface area contributed by atoms with Crippen molar-refractivity contribution in [3.63, 3.8) is 0 Å². The molecule has 15 heavy (non-hydrogen) atoms. The topological polar surface area (TPSA) is 53.6 Å². The molecule has 0 aromatic heterocycles. The van der Waals surface area contributed by atoms with Crippen LogP contribution in [0.15, 0.2) is 29.4 Å². The summed E-state index contributed by atoms with van der Waals surface area (Å²) in [5, 5.41) is 4.03. The van der Waals surface area contributed by atoms with Gasteiger partial charge in [-0.25, -0.2) is 0 Å². The predicted molar refractivity (Wildman–Crippen MR) is 67.4 cm³/mol. The molecular formula is C10H17ClN4. The molecule has 0 atom stereocenters. The van der Waals surface area contributed by atoms with Crippen LogP contribution in [-0.2, 0) is 0 Å². The van der Waals surface area contributed by atoms with Gasteiger partial charge in [-0.3, -0.25) is 5.43 Å².